The van der Waals surface area contributed by atoms with Gasteiger partial charge in [-0.1, -0.05) is 47.1 Å². The van der Waals surface area contributed by atoms with Gasteiger partial charge in [-0.15, -0.1) is 23.1 Å². The second kappa shape index (κ2) is 15.2. The average Bonchev–Trinajstić information content (AvgIpc) is 3.60. The van der Waals surface area contributed by atoms with E-state index in [0.717, 1.165) is 66.0 Å². The number of ketones is 3. The maximum absolute atomic E-state index is 14.1. The molecule has 2 aromatic carbocycles. The maximum Gasteiger partial charge on any atom is 0.197 e. The standard InChI is InChI=1S/C41H38F4O4S2/c1-7-21(3)17-41(18-22(4)8-2)24(6)10-26(11-25(19-46)38(47)28-14-34(43)33(42)9-23(28)5)50-20-37-32(41)13-27(51-37)12-31-39(48)29-15-35(44)36(45)16-30(29)40(31)49/h9-16,19,21-22H,6-8,17-18,20H2,1-5H3/b25-11-,26-10-. The third kappa shape index (κ3) is 7.44. The van der Waals surface area contributed by atoms with Crippen molar-refractivity contribution in [2.75, 3.05) is 0 Å². The molecule has 3 aromatic rings. The third-order valence-electron chi connectivity index (χ3n) is 9.96. The Morgan fingerprint density at radius 1 is 0.902 bits per heavy atom. The Morgan fingerprint density at radius 2 is 1.45 bits per heavy atom. The van der Waals surface area contributed by atoms with Gasteiger partial charge in [-0.3, -0.25) is 19.2 Å². The van der Waals surface area contributed by atoms with E-state index in [1.165, 1.54) is 42.2 Å². The zero-order valence-corrected chi connectivity index (χ0v) is 30.7. The van der Waals surface area contributed by atoms with Gasteiger partial charge in [-0.05, 0) is 96.9 Å². The van der Waals surface area contributed by atoms with Gasteiger partial charge in [-0.25, -0.2) is 17.6 Å². The summed E-state index contributed by atoms with van der Waals surface area (Å²) in [6.07, 6.45) is 8.46. The molecule has 0 saturated carbocycles. The number of rotatable bonds is 11. The van der Waals surface area contributed by atoms with Crippen LogP contribution in [0.3, 0.4) is 0 Å². The summed E-state index contributed by atoms with van der Waals surface area (Å²) < 4.78 is 56.0. The van der Waals surface area contributed by atoms with Crippen molar-refractivity contribution in [3.05, 3.63) is 132 Å². The van der Waals surface area contributed by atoms with Crippen molar-refractivity contribution in [1.82, 2.24) is 0 Å². The number of benzene rings is 2. The lowest BCUT2D eigenvalue weighted by molar-refractivity contribution is -0.104. The Morgan fingerprint density at radius 3 is 2.00 bits per heavy atom. The molecule has 51 heavy (non-hydrogen) atoms. The van der Waals surface area contributed by atoms with Crippen LogP contribution in [0.25, 0.3) is 6.08 Å². The fourth-order valence-electron chi connectivity index (χ4n) is 6.78. The Kier molecular flexibility index (Phi) is 11.4. The molecule has 0 spiro atoms. The number of carbonyl (C=O) groups excluding carboxylic acids is 4. The summed E-state index contributed by atoms with van der Waals surface area (Å²) >= 11 is 2.75. The van der Waals surface area contributed by atoms with E-state index in [0.29, 0.717) is 21.8 Å². The number of hydrogen-bond donors (Lipinski definition) is 0. The Bertz CT molecular complexity index is 2010. The van der Waals surface area contributed by atoms with E-state index >= 15 is 0 Å². The summed E-state index contributed by atoms with van der Waals surface area (Å²) in [6, 6.07) is 5.22. The lowest BCUT2D eigenvalue weighted by Crippen LogP contribution is -2.33. The summed E-state index contributed by atoms with van der Waals surface area (Å²) in [6.45, 7) is 14.6. The number of Topliss-reactive ketones (excluding diaryl/α,β-unsaturated/α-hetero) is 3. The topological polar surface area (TPSA) is 68.3 Å². The molecule has 1 aliphatic carbocycles. The van der Waals surface area contributed by atoms with Crippen molar-refractivity contribution in [2.45, 2.75) is 71.5 Å². The zero-order chi connectivity index (χ0) is 37.4. The Hall–Kier alpha value is -4.15. The monoisotopic (exact) mass is 734 g/mol. The van der Waals surface area contributed by atoms with Crippen LogP contribution < -0.4 is 0 Å². The molecule has 4 nitrogen and oxygen atoms in total. The number of fused-ring (bicyclic) bond motifs is 2. The van der Waals surface area contributed by atoms with Gasteiger partial charge in [0.2, 0.25) is 0 Å². The predicted octanol–water partition coefficient (Wildman–Crippen LogP) is 10.9. The molecule has 2 atom stereocenters. The fourth-order valence-corrected chi connectivity index (χ4v) is 9.08. The quantitative estimate of drug-likeness (QED) is 0.0490. The van der Waals surface area contributed by atoms with Gasteiger partial charge >= 0.3 is 0 Å². The molecule has 0 amide bonds. The van der Waals surface area contributed by atoms with E-state index < -0.39 is 46.0 Å². The SMILES string of the molecule is C=C1/C=C(/C=C(/C=O)C(=O)c2cc(F)c(F)cc2C)SCc2sc(C=C3C(=O)c4cc(F)c(F)cc4C3=O)cc2C1(CC(C)CC)CC(C)CC. The summed E-state index contributed by atoms with van der Waals surface area (Å²) in [5.41, 5.74) is 0.487. The lowest BCUT2D eigenvalue weighted by atomic mass is 9.64. The highest BCUT2D eigenvalue weighted by molar-refractivity contribution is 8.02. The van der Waals surface area contributed by atoms with Gasteiger partial charge in [0, 0.05) is 42.5 Å². The first-order chi connectivity index (χ1) is 24.1. The molecule has 2 heterocycles. The minimum atomic E-state index is -1.21. The van der Waals surface area contributed by atoms with Crippen molar-refractivity contribution < 1.29 is 36.7 Å². The van der Waals surface area contributed by atoms with Crippen LogP contribution in [0.4, 0.5) is 17.6 Å². The van der Waals surface area contributed by atoms with Crippen molar-refractivity contribution in [2.24, 2.45) is 11.8 Å². The van der Waals surface area contributed by atoms with Crippen molar-refractivity contribution in [3.63, 3.8) is 0 Å². The molecule has 0 N–H and O–H groups in total. The maximum atomic E-state index is 14.1. The largest absolute Gasteiger partial charge is 0.298 e. The Balaban J connectivity index is 1.64. The van der Waals surface area contributed by atoms with Crippen LogP contribution in [-0.4, -0.2) is 23.6 Å². The number of hydrogen-bond acceptors (Lipinski definition) is 6. The van der Waals surface area contributed by atoms with Crippen LogP contribution in [0, 0.1) is 42.0 Å². The first-order valence-electron chi connectivity index (χ1n) is 16.8. The van der Waals surface area contributed by atoms with Crippen LogP contribution in [-0.2, 0) is 16.0 Å². The van der Waals surface area contributed by atoms with Crippen LogP contribution in [0.2, 0.25) is 0 Å². The molecule has 266 valence electrons. The number of thioether (sulfide) groups is 1. The molecule has 2 unspecified atom stereocenters. The van der Waals surface area contributed by atoms with Gasteiger partial charge in [0.05, 0.1) is 11.1 Å². The summed E-state index contributed by atoms with van der Waals surface area (Å²) in [5, 5.41) is 0. The van der Waals surface area contributed by atoms with E-state index in [1.807, 2.05) is 12.1 Å². The van der Waals surface area contributed by atoms with Gasteiger partial charge in [0.15, 0.2) is 46.9 Å². The number of aryl methyl sites for hydroxylation is 1. The van der Waals surface area contributed by atoms with E-state index in [9.17, 15) is 36.7 Å². The van der Waals surface area contributed by atoms with E-state index in [1.54, 1.807) is 0 Å². The zero-order valence-electron chi connectivity index (χ0n) is 29.1. The highest BCUT2D eigenvalue weighted by Crippen LogP contribution is 2.51. The number of thiophene rings is 1. The minimum absolute atomic E-state index is 0.118. The average molecular weight is 735 g/mol. The Labute approximate surface area is 303 Å². The lowest BCUT2D eigenvalue weighted by Gasteiger charge is -2.41. The van der Waals surface area contributed by atoms with Crippen molar-refractivity contribution >= 4 is 52.8 Å². The molecule has 0 radical (unpaired) electrons. The first kappa shape index (κ1) is 38.1. The molecule has 0 saturated heterocycles. The van der Waals surface area contributed by atoms with Crippen molar-refractivity contribution in [1.29, 1.82) is 0 Å². The van der Waals surface area contributed by atoms with Gasteiger partial charge < -0.3 is 0 Å². The number of halogens is 4. The first-order valence-corrected chi connectivity index (χ1v) is 18.6. The molecule has 1 aliphatic heterocycles. The van der Waals surface area contributed by atoms with E-state index in [2.05, 4.69) is 34.3 Å². The molecular weight excluding hydrogens is 697 g/mol. The van der Waals surface area contributed by atoms with Crippen LogP contribution in [0.15, 0.2) is 70.7 Å². The normalized spacial score (nSPS) is 19.9. The molecule has 5 rings (SSSR count). The smallest absolute Gasteiger partial charge is 0.197 e. The third-order valence-corrected chi connectivity index (χ3v) is 12.2. The van der Waals surface area contributed by atoms with Gasteiger partial charge in [0.1, 0.15) is 0 Å². The summed E-state index contributed by atoms with van der Waals surface area (Å²) in [7, 11) is 0. The molecule has 1 aromatic heterocycles. The number of carbonyl (C=O) groups is 4. The molecule has 2 aliphatic rings. The summed E-state index contributed by atoms with van der Waals surface area (Å²) in [4.78, 5) is 54.4. The minimum Gasteiger partial charge on any atom is -0.298 e. The second-order valence-corrected chi connectivity index (χ2v) is 15.7. The van der Waals surface area contributed by atoms with Gasteiger partial charge in [0.25, 0.3) is 0 Å². The number of aldehydes is 1. The summed E-state index contributed by atoms with van der Waals surface area (Å²) in [5.74, 6) is -5.84. The van der Waals surface area contributed by atoms with Crippen LogP contribution >= 0.6 is 23.1 Å². The van der Waals surface area contributed by atoms with Crippen LogP contribution in [0.5, 0.6) is 0 Å². The van der Waals surface area contributed by atoms with Gasteiger partial charge in [-0.2, -0.15) is 0 Å². The second-order valence-electron chi connectivity index (χ2n) is 13.5. The molecule has 0 fully saturated rings. The highest BCUT2D eigenvalue weighted by atomic mass is 32.2. The highest BCUT2D eigenvalue weighted by Gasteiger charge is 2.41. The number of allylic oxidation sites excluding steroid dienone is 5. The van der Waals surface area contributed by atoms with Crippen molar-refractivity contribution in [3.8, 4) is 0 Å². The molecule has 0 bridgehead atoms. The molecular formula is C41H38F4O4S2. The predicted molar refractivity (Wildman–Crippen MR) is 195 cm³/mol. The van der Waals surface area contributed by atoms with Crippen LogP contribution in [0.1, 0.15) is 105 Å². The fraction of sp³-hybridized carbons (Fsp3) is 0.317. The molecule has 10 heteroatoms. The van der Waals surface area contributed by atoms with E-state index in [4.69, 9.17) is 0 Å². The van der Waals surface area contributed by atoms with E-state index in [-0.39, 0.29) is 45.2 Å².